The van der Waals surface area contributed by atoms with E-state index in [1.165, 1.54) is 0 Å². The third-order valence-corrected chi connectivity index (χ3v) is 3.96. The van der Waals surface area contributed by atoms with Crippen molar-refractivity contribution in [2.24, 2.45) is 7.05 Å². The second-order valence-corrected chi connectivity index (χ2v) is 5.91. The zero-order chi connectivity index (χ0) is 16.3. The Morgan fingerprint density at radius 2 is 2.09 bits per heavy atom. The van der Waals surface area contributed by atoms with Crippen LogP contribution in [0.25, 0.3) is 0 Å². The van der Waals surface area contributed by atoms with E-state index in [-0.39, 0.29) is 11.9 Å². The zero-order valence-electron chi connectivity index (χ0n) is 12.6. The third kappa shape index (κ3) is 3.80. The fourth-order valence-corrected chi connectivity index (χ4v) is 2.84. The number of hydrogen-bond donors (Lipinski definition) is 2. The first-order chi connectivity index (χ1) is 10.4. The Morgan fingerprint density at radius 1 is 1.36 bits per heavy atom. The molecule has 0 aliphatic heterocycles. The third-order valence-electron chi connectivity index (χ3n) is 3.40. The Morgan fingerprint density at radius 3 is 2.64 bits per heavy atom. The molecule has 0 radical (unpaired) electrons. The highest BCUT2D eigenvalue weighted by atomic mass is 35.5. The summed E-state index contributed by atoms with van der Waals surface area (Å²) in [5.74, 6) is -0.144. The fourth-order valence-electron chi connectivity index (χ4n) is 2.27. The van der Waals surface area contributed by atoms with Crippen molar-refractivity contribution in [3.8, 4) is 0 Å². The normalized spacial score (nSPS) is 13.7. The van der Waals surface area contributed by atoms with Gasteiger partial charge < -0.3 is 10.6 Å². The molecular formula is C15H18Cl2N4O. The largest absolute Gasteiger partial charge is 0.348 e. The van der Waals surface area contributed by atoms with E-state index < -0.39 is 6.04 Å². The maximum Gasteiger partial charge on any atom is 0.242 e. The van der Waals surface area contributed by atoms with Crippen LogP contribution in [0, 0.1) is 0 Å². The minimum absolute atomic E-state index is 0.144. The average molecular weight is 341 g/mol. The first-order valence-electron chi connectivity index (χ1n) is 6.83. The smallest absolute Gasteiger partial charge is 0.242 e. The van der Waals surface area contributed by atoms with Crippen LogP contribution in [0.15, 0.2) is 30.6 Å². The molecule has 0 aliphatic rings. The molecule has 1 amide bonds. The standard InChI is InChI=1S/C15H18Cl2N4O/c1-9(12-5-4-11(16)6-13(12)17)20-15(22)14(18-2)10-7-19-21(3)8-10/h4-9,14,18H,1-3H3,(H,20,22). The van der Waals surface area contributed by atoms with Gasteiger partial charge in [0.15, 0.2) is 0 Å². The van der Waals surface area contributed by atoms with Crippen LogP contribution in [0.3, 0.4) is 0 Å². The Balaban J connectivity index is 2.12. The van der Waals surface area contributed by atoms with E-state index in [4.69, 9.17) is 23.2 Å². The molecule has 0 fully saturated rings. The van der Waals surface area contributed by atoms with Crippen molar-refractivity contribution >= 4 is 29.1 Å². The molecule has 0 saturated carbocycles. The summed E-state index contributed by atoms with van der Waals surface area (Å²) in [6.45, 7) is 1.88. The highest BCUT2D eigenvalue weighted by Crippen LogP contribution is 2.26. The summed E-state index contributed by atoms with van der Waals surface area (Å²) in [6, 6.07) is 4.53. The van der Waals surface area contributed by atoms with Crippen molar-refractivity contribution in [1.82, 2.24) is 20.4 Å². The number of halogens is 2. The van der Waals surface area contributed by atoms with Crippen molar-refractivity contribution < 1.29 is 4.79 Å². The molecule has 1 aromatic heterocycles. The van der Waals surface area contributed by atoms with Gasteiger partial charge in [0.1, 0.15) is 6.04 Å². The first kappa shape index (κ1) is 16.8. The minimum Gasteiger partial charge on any atom is -0.348 e. The lowest BCUT2D eigenvalue weighted by atomic mass is 10.1. The number of amides is 1. The second kappa shape index (κ2) is 7.13. The van der Waals surface area contributed by atoms with E-state index in [1.54, 1.807) is 36.3 Å². The molecule has 2 atom stereocenters. The Bertz CT molecular complexity index is 671. The van der Waals surface area contributed by atoms with Gasteiger partial charge in [-0.1, -0.05) is 29.3 Å². The predicted octanol–water partition coefficient (Wildman–Crippen LogP) is 2.86. The van der Waals surface area contributed by atoms with Gasteiger partial charge in [-0.2, -0.15) is 5.10 Å². The summed E-state index contributed by atoms with van der Waals surface area (Å²) in [6.07, 6.45) is 3.47. The maximum absolute atomic E-state index is 12.5. The number of benzene rings is 1. The van der Waals surface area contributed by atoms with Crippen molar-refractivity contribution in [3.63, 3.8) is 0 Å². The van der Waals surface area contributed by atoms with E-state index in [9.17, 15) is 4.79 Å². The molecule has 0 saturated heterocycles. The Labute approximate surface area is 139 Å². The summed E-state index contributed by atoms with van der Waals surface area (Å²) in [5, 5.41) is 11.1. The molecular weight excluding hydrogens is 323 g/mol. The first-order valence-corrected chi connectivity index (χ1v) is 7.59. The number of aryl methyl sites for hydroxylation is 1. The molecule has 2 aromatic rings. The number of carbonyl (C=O) groups excluding carboxylic acids is 1. The lowest BCUT2D eigenvalue weighted by molar-refractivity contribution is -0.123. The number of nitrogens with one attached hydrogen (secondary N) is 2. The number of rotatable bonds is 5. The van der Waals surface area contributed by atoms with Gasteiger partial charge in [-0.05, 0) is 31.7 Å². The second-order valence-electron chi connectivity index (χ2n) is 5.07. The summed E-state index contributed by atoms with van der Waals surface area (Å²) >= 11 is 12.1. The van der Waals surface area contributed by atoms with Crippen LogP contribution in [0.4, 0.5) is 0 Å². The molecule has 2 unspecified atom stereocenters. The van der Waals surface area contributed by atoms with Crippen molar-refractivity contribution in [2.45, 2.75) is 19.0 Å². The van der Waals surface area contributed by atoms with Crippen LogP contribution < -0.4 is 10.6 Å². The van der Waals surface area contributed by atoms with E-state index >= 15 is 0 Å². The monoisotopic (exact) mass is 340 g/mol. The predicted molar refractivity (Wildman–Crippen MR) is 88.0 cm³/mol. The van der Waals surface area contributed by atoms with Crippen LogP contribution in [0.1, 0.15) is 30.1 Å². The van der Waals surface area contributed by atoms with Gasteiger partial charge >= 0.3 is 0 Å². The van der Waals surface area contributed by atoms with E-state index in [2.05, 4.69) is 15.7 Å². The van der Waals surface area contributed by atoms with Gasteiger partial charge in [0.05, 0.1) is 12.2 Å². The van der Waals surface area contributed by atoms with Crippen molar-refractivity contribution in [3.05, 3.63) is 51.8 Å². The molecule has 0 bridgehead atoms. The summed E-state index contributed by atoms with van der Waals surface area (Å²) in [4.78, 5) is 12.5. The summed E-state index contributed by atoms with van der Waals surface area (Å²) < 4.78 is 1.66. The fraction of sp³-hybridized carbons (Fsp3) is 0.333. The average Bonchev–Trinajstić information content (AvgIpc) is 2.85. The number of likely N-dealkylation sites (N-methyl/N-ethyl adjacent to an activating group) is 1. The molecule has 7 heteroatoms. The van der Waals surface area contributed by atoms with Gasteiger partial charge in [-0.15, -0.1) is 0 Å². The Kier molecular flexibility index (Phi) is 5.45. The molecule has 2 N–H and O–H groups in total. The van der Waals surface area contributed by atoms with Gasteiger partial charge in [-0.25, -0.2) is 0 Å². The van der Waals surface area contributed by atoms with Crippen LogP contribution in [-0.4, -0.2) is 22.7 Å². The number of carbonyl (C=O) groups is 1. The molecule has 1 heterocycles. The molecule has 5 nitrogen and oxygen atoms in total. The van der Waals surface area contributed by atoms with E-state index in [0.717, 1.165) is 11.1 Å². The zero-order valence-corrected chi connectivity index (χ0v) is 14.1. The summed E-state index contributed by atoms with van der Waals surface area (Å²) in [7, 11) is 3.54. The lowest BCUT2D eigenvalue weighted by Gasteiger charge is -2.20. The maximum atomic E-state index is 12.5. The van der Waals surface area contributed by atoms with Gasteiger partial charge in [-0.3, -0.25) is 9.48 Å². The highest BCUT2D eigenvalue weighted by Gasteiger charge is 2.22. The molecule has 0 spiro atoms. The molecule has 2 rings (SSSR count). The van der Waals surface area contributed by atoms with E-state index in [1.807, 2.05) is 20.0 Å². The molecule has 22 heavy (non-hydrogen) atoms. The van der Waals surface area contributed by atoms with Crippen LogP contribution in [0.5, 0.6) is 0 Å². The molecule has 1 aromatic carbocycles. The minimum atomic E-state index is -0.470. The lowest BCUT2D eigenvalue weighted by Crippen LogP contribution is -2.37. The highest BCUT2D eigenvalue weighted by molar-refractivity contribution is 6.35. The quantitative estimate of drug-likeness (QED) is 0.879. The number of aromatic nitrogens is 2. The van der Waals surface area contributed by atoms with Gasteiger partial charge in [0.2, 0.25) is 5.91 Å². The Hall–Kier alpha value is -1.56. The number of hydrogen-bond acceptors (Lipinski definition) is 3. The topological polar surface area (TPSA) is 59.0 Å². The molecule has 0 aliphatic carbocycles. The SMILES string of the molecule is CNC(C(=O)NC(C)c1ccc(Cl)cc1Cl)c1cnn(C)c1. The van der Waals surface area contributed by atoms with Gasteiger partial charge in [0, 0.05) is 28.9 Å². The van der Waals surface area contributed by atoms with Gasteiger partial charge in [0.25, 0.3) is 0 Å². The summed E-state index contributed by atoms with van der Waals surface area (Å²) in [5.41, 5.74) is 1.62. The van der Waals surface area contributed by atoms with Crippen molar-refractivity contribution in [2.75, 3.05) is 7.05 Å². The van der Waals surface area contributed by atoms with Crippen LogP contribution >= 0.6 is 23.2 Å². The van der Waals surface area contributed by atoms with E-state index in [0.29, 0.717) is 10.0 Å². The van der Waals surface area contributed by atoms with Crippen LogP contribution in [0.2, 0.25) is 10.0 Å². The van der Waals surface area contributed by atoms with Crippen LogP contribution in [-0.2, 0) is 11.8 Å². The molecule has 118 valence electrons. The number of nitrogens with zero attached hydrogens (tertiary/aromatic N) is 2. The van der Waals surface area contributed by atoms with Crippen molar-refractivity contribution in [1.29, 1.82) is 0 Å².